The number of piperazine rings is 1. The number of amides is 1. The van der Waals surface area contributed by atoms with Crippen LogP contribution in [0.5, 0.6) is 11.5 Å². The molecule has 1 aliphatic heterocycles. The molecule has 0 aliphatic carbocycles. The fourth-order valence-corrected chi connectivity index (χ4v) is 3.18. The number of carbonyl (C=O) groups is 1. The van der Waals surface area contributed by atoms with E-state index in [1.807, 2.05) is 13.0 Å². The Hall–Kier alpha value is -1.79. The van der Waals surface area contributed by atoms with Crippen molar-refractivity contribution in [1.29, 1.82) is 0 Å². The molecule has 0 bridgehead atoms. The van der Waals surface area contributed by atoms with Gasteiger partial charge in [0.1, 0.15) is 0 Å². The molecule has 1 aromatic rings. The van der Waals surface area contributed by atoms with E-state index in [0.717, 1.165) is 32.7 Å². The van der Waals surface area contributed by atoms with Gasteiger partial charge in [0.25, 0.3) is 0 Å². The second-order valence-electron chi connectivity index (χ2n) is 6.97. The number of nitrogens with one attached hydrogen (secondary N) is 1. The van der Waals surface area contributed by atoms with E-state index in [1.54, 1.807) is 26.4 Å². The van der Waals surface area contributed by atoms with Crippen molar-refractivity contribution in [3.63, 3.8) is 0 Å². The lowest BCUT2D eigenvalue weighted by molar-refractivity contribution is -0.121. The molecule has 1 heterocycles. The maximum Gasteiger partial charge on any atom is 0.241 e. The minimum atomic E-state index is -0.158. The van der Waals surface area contributed by atoms with Crippen LogP contribution in [0.25, 0.3) is 0 Å². The molecule has 1 saturated heterocycles. The molecule has 0 spiro atoms. The van der Waals surface area contributed by atoms with Crippen LogP contribution in [0.3, 0.4) is 0 Å². The van der Waals surface area contributed by atoms with E-state index in [0.29, 0.717) is 23.1 Å². The molecule has 0 radical (unpaired) electrons. The number of methoxy groups -OCH3 is 2. The van der Waals surface area contributed by atoms with Gasteiger partial charge in [0.2, 0.25) is 5.91 Å². The second kappa shape index (κ2) is 9.06. The van der Waals surface area contributed by atoms with Crippen LogP contribution in [0.1, 0.15) is 20.8 Å². The molecule has 6 heteroatoms. The Morgan fingerprint density at radius 3 is 2.28 bits per heavy atom. The summed E-state index contributed by atoms with van der Waals surface area (Å²) in [7, 11) is 3.18. The van der Waals surface area contributed by atoms with Gasteiger partial charge in [-0.25, -0.2) is 0 Å². The average molecular weight is 349 g/mol. The molecule has 2 rings (SSSR count). The third-order valence-electron chi connectivity index (χ3n) is 4.61. The van der Waals surface area contributed by atoms with Crippen molar-refractivity contribution in [3.05, 3.63) is 18.2 Å². The summed E-state index contributed by atoms with van der Waals surface area (Å²) in [6.07, 6.45) is 0. The minimum absolute atomic E-state index is 0.00419. The molecule has 140 valence electrons. The van der Waals surface area contributed by atoms with Crippen LogP contribution in [0.15, 0.2) is 18.2 Å². The van der Waals surface area contributed by atoms with Crippen molar-refractivity contribution in [1.82, 2.24) is 9.80 Å². The zero-order chi connectivity index (χ0) is 18.4. The molecule has 1 unspecified atom stereocenters. The molecule has 0 saturated carbocycles. The van der Waals surface area contributed by atoms with Crippen LogP contribution in [0.4, 0.5) is 5.69 Å². The lowest BCUT2D eigenvalue weighted by atomic mass is 10.1. The number of nitrogens with zero attached hydrogens (tertiary/aromatic N) is 2. The van der Waals surface area contributed by atoms with Gasteiger partial charge in [0.15, 0.2) is 11.5 Å². The Morgan fingerprint density at radius 1 is 1.08 bits per heavy atom. The van der Waals surface area contributed by atoms with E-state index in [2.05, 4.69) is 29.0 Å². The Balaban J connectivity index is 1.90. The van der Waals surface area contributed by atoms with E-state index in [9.17, 15) is 4.79 Å². The molecular formula is C19H31N3O3. The Labute approximate surface area is 151 Å². The first-order chi connectivity index (χ1) is 11.9. The SMILES string of the molecule is COc1ccc(NC(=O)C(C)N2CCN(CC(C)C)CC2)cc1OC. The first kappa shape index (κ1) is 19.5. The standard InChI is InChI=1S/C19H31N3O3/c1-14(2)13-21-8-10-22(11-9-21)15(3)19(23)20-16-6-7-17(24-4)18(12-16)25-5/h6-7,12,14-15H,8-11,13H2,1-5H3,(H,20,23). The van der Waals surface area contributed by atoms with Crippen molar-refractivity contribution in [2.45, 2.75) is 26.8 Å². The minimum Gasteiger partial charge on any atom is -0.493 e. The molecule has 1 atom stereocenters. The summed E-state index contributed by atoms with van der Waals surface area (Å²) in [5.74, 6) is 1.94. The predicted molar refractivity (Wildman–Crippen MR) is 100 cm³/mol. The highest BCUT2D eigenvalue weighted by Crippen LogP contribution is 2.29. The molecule has 1 N–H and O–H groups in total. The third-order valence-corrected chi connectivity index (χ3v) is 4.61. The number of ether oxygens (including phenoxy) is 2. The topological polar surface area (TPSA) is 54.0 Å². The van der Waals surface area contributed by atoms with Gasteiger partial charge in [0, 0.05) is 44.5 Å². The number of hydrogen-bond donors (Lipinski definition) is 1. The fraction of sp³-hybridized carbons (Fsp3) is 0.632. The Bertz CT molecular complexity index is 569. The number of hydrogen-bond acceptors (Lipinski definition) is 5. The number of carbonyl (C=O) groups excluding carboxylic acids is 1. The summed E-state index contributed by atoms with van der Waals surface area (Å²) in [6, 6.07) is 5.25. The van der Waals surface area contributed by atoms with Crippen molar-refractivity contribution in [2.75, 3.05) is 52.3 Å². The molecule has 25 heavy (non-hydrogen) atoms. The average Bonchev–Trinajstić information content (AvgIpc) is 2.61. The van der Waals surface area contributed by atoms with E-state index in [1.165, 1.54) is 0 Å². The summed E-state index contributed by atoms with van der Waals surface area (Å²) < 4.78 is 10.5. The predicted octanol–water partition coefficient (Wildman–Crippen LogP) is 2.30. The zero-order valence-electron chi connectivity index (χ0n) is 16.0. The summed E-state index contributed by atoms with van der Waals surface area (Å²) in [5.41, 5.74) is 0.716. The van der Waals surface area contributed by atoms with Crippen molar-refractivity contribution in [3.8, 4) is 11.5 Å². The van der Waals surface area contributed by atoms with Crippen LogP contribution in [0, 0.1) is 5.92 Å². The number of benzene rings is 1. The number of anilines is 1. The largest absolute Gasteiger partial charge is 0.493 e. The van der Waals surface area contributed by atoms with Crippen LogP contribution >= 0.6 is 0 Å². The second-order valence-corrected chi connectivity index (χ2v) is 6.97. The molecule has 1 aliphatic rings. The lowest BCUT2D eigenvalue weighted by Crippen LogP contribution is -2.53. The smallest absolute Gasteiger partial charge is 0.241 e. The number of rotatable bonds is 7. The van der Waals surface area contributed by atoms with Gasteiger partial charge in [-0.05, 0) is 25.0 Å². The van der Waals surface area contributed by atoms with Crippen molar-refractivity contribution >= 4 is 11.6 Å². The Kier molecular flexibility index (Phi) is 7.08. The van der Waals surface area contributed by atoms with Crippen LogP contribution in [-0.4, -0.2) is 68.7 Å². The van der Waals surface area contributed by atoms with Gasteiger partial charge in [-0.1, -0.05) is 13.8 Å². The molecule has 0 aromatic heterocycles. The maximum absolute atomic E-state index is 12.6. The highest BCUT2D eigenvalue weighted by atomic mass is 16.5. The molecule has 1 amide bonds. The zero-order valence-corrected chi connectivity index (χ0v) is 16.0. The van der Waals surface area contributed by atoms with E-state index in [-0.39, 0.29) is 11.9 Å². The van der Waals surface area contributed by atoms with Gasteiger partial charge in [-0.2, -0.15) is 0 Å². The van der Waals surface area contributed by atoms with Crippen LogP contribution in [-0.2, 0) is 4.79 Å². The first-order valence-corrected chi connectivity index (χ1v) is 8.94. The summed E-state index contributed by atoms with van der Waals surface area (Å²) in [5, 5.41) is 2.98. The monoisotopic (exact) mass is 349 g/mol. The summed E-state index contributed by atoms with van der Waals surface area (Å²) in [6.45, 7) is 11.5. The van der Waals surface area contributed by atoms with Gasteiger partial charge in [0.05, 0.1) is 20.3 Å². The first-order valence-electron chi connectivity index (χ1n) is 8.94. The van der Waals surface area contributed by atoms with Crippen molar-refractivity contribution in [2.24, 2.45) is 5.92 Å². The molecule has 6 nitrogen and oxygen atoms in total. The highest BCUT2D eigenvalue weighted by Gasteiger charge is 2.25. The van der Waals surface area contributed by atoms with E-state index in [4.69, 9.17) is 9.47 Å². The van der Waals surface area contributed by atoms with Crippen LogP contribution < -0.4 is 14.8 Å². The highest BCUT2D eigenvalue weighted by molar-refractivity contribution is 5.94. The Morgan fingerprint density at radius 2 is 1.72 bits per heavy atom. The summed E-state index contributed by atoms with van der Waals surface area (Å²) in [4.78, 5) is 17.3. The van der Waals surface area contributed by atoms with Crippen LogP contribution in [0.2, 0.25) is 0 Å². The fourth-order valence-electron chi connectivity index (χ4n) is 3.18. The lowest BCUT2D eigenvalue weighted by Gasteiger charge is -2.38. The molecule has 1 fully saturated rings. The molecule has 1 aromatic carbocycles. The van der Waals surface area contributed by atoms with Gasteiger partial charge < -0.3 is 19.7 Å². The van der Waals surface area contributed by atoms with E-state index < -0.39 is 0 Å². The maximum atomic E-state index is 12.6. The van der Waals surface area contributed by atoms with E-state index >= 15 is 0 Å². The normalized spacial score (nSPS) is 17.4. The third kappa shape index (κ3) is 5.34. The quantitative estimate of drug-likeness (QED) is 0.819. The van der Waals surface area contributed by atoms with Crippen molar-refractivity contribution < 1.29 is 14.3 Å². The van der Waals surface area contributed by atoms with Gasteiger partial charge in [-0.3, -0.25) is 9.69 Å². The van der Waals surface area contributed by atoms with Gasteiger partial charge in [-0.15, -0.1) is 0 Å². The molecular weight excluding hydrogens is 318 g/mol. The summed E-state index contributed by atoms with van der Waals surface area (Å²) >= 11 is 0. The van der Waals surface area contributed by atoms with Gasteiger partial charge >= 0.3 is 0 Å².